The van der Waals surface area contributed by atoms with Gasteiger partial charge < -0.3 is 5.32 Å². The number of carbonyl (C=O) groups is 1. The molecule has 0 amide bonds. The summed E-state index contributed by atoms with van der Waals surface area (Å²) in [5.74, 6) is -2.37. The first-order valence-corrected chi connectivity index (χ1v) is 7.19. The summed E-state index contributed by atoms with van der Waals surface area (Å²) in [7, 11) is 0. The fourth-order valence-corrected chi connectivity index (χ4v) is 2.46. The van der Waals surface area contributed by atoms with E-state index in [0.717, 1.165) is 16.7 Å². The Morgan fingerprint density at radius 1 is 1.17 bits per heavy atom. The maximum Gasteiger partial charge on any atom is 0.269 e. The minimum absolute atomic E-state index is 0.00998. The third-order valence-corrected chi connectivity index (χ3v) is 3.50. The van der Waals surface area contributed by atoms with Crippen molar-refractivity contribution in [2.24, 2.45) is 0 Å². The van der Waals surface area contributed by atoms with E-state index in [0.29, 0.717) is 11.1 Å². The number of rotatable bonds is 2. The van der Waals surface area contributed by atoms with Crippen molar-refractivity contribution >= 4 is 40.0 Å². The molecule has 0 aliphatic heterocycles. The summed E-state index contributed by atoms with van der Waals surface area (Å²) in [6.07, 6.45) is 0. The maximum absolute atomic E-state index is 13.3. The van der Waals surface area contributed by atoms with Crippen LogP contribution in [0.5, 0.6) is 0 Å². The van der Waals surface area contributed by atoms with Crippen molar-refractivity contribution in [2.45, 2.75) is 6.92 Å². The zero-order chi connectivity index (χ0) is 17.4. The highest BCUT2D eigenvalue weighted by Crippen LogP contribution is 2.21. The van der Waals surface area contributed by atoms with Gasteiger partial charge in [0.15, 0.2) is 0 Å². The highest BCUT2D eigenvalue weighted by Gasteiger charge is 2.15. The molecule has 8 heteroatoms. The van der Waals surface area contributed by atoms with Crippen molar-refractivity contribution in [3.05, 3.63) is 63.4 Å². The van der Waals surface area contributed by atoms with Crippen molar-refractivity contribution in [1.82, 2.24) is 9.55 Å². The number of anilines is 2. The zero-order valence-corrected chi connectivity index (χ0v) is 13.1. The Morgan fingerprint density at radius 2 is 1.83 bits per heavy atom. The Kier molecular flexibility index (Phi) is 4.02. The molecule has 122 valence electrons. The van der Waals surface area contributed by atoms with Gasteiger partial charge in [0, 0.05) is 23.7 Å². The maximum atomic E-state index is 13.3. The number of halogens is 3. The molecule has 0 fully saturated rings. The van der Waals surface area contributed by atoms with Gasteiger partial charge in [-0.2, -0.15) is 0 Å². The van der Waals surface area contributed by atoms with E-state index in [1.807, 2.05) is 0 Å². The molecular weight excluding hydrogens is 340 g/mol. The van der Waals surface area contributed by atoms with E-state index in [9.17, 15) is 18.4 Å². The van der Waals surface area contributed by atoms with E-state index in [-0.39, 0.29) is 22.5 Å². The van der Waals surface area contributed by atoms with E-state index in [2.05, 4.69) is 10.3 Å². The number of hydrogen-bond acceptors (Lipinski definition) is 4. The van der Waals surface area contributed by atoms with Crippen LogP contribution in [0.25, 0.3) is 10.9 Å². The molecule has 0 aliphatic rings. The normalized spacial score (nSPS) is 10.8. The summed E-state index contributed by atoms with van der Waals surface area (Å²) in [5, 5.41) is 3.15. The number of fused-ring (bicyclic) bond motifs is 1. The second kappa shape index (κ2) is 6.01. The molecule has 1 heterocycles. The van der Waals surface area contributed by atoms with Crippen LogP contribution >= 0.6 is 11.6 Å². The summed E-state index contributed by atoms with van der Waals surface area (Å²) in [5.41, 5.74) is -0.344. The number of nitrogens with zero attached hydrogens (tertiary/aromatic N) is 2. The summed E-state index contributed by atoms with van der Waals surface area (Å²) in [4.78, 5) is 28.5. The lowest BCUT2D eigenvalue weighted by atomic mass is 10.2. The Hall–Kier alpha value is -2.80. The molecule has 24 heavy (non-hydrogen) atoms. The van der Waals surface area contributed by atoms with Gasteiger partial charge in [0.25, 0.3) is 5.56 Å². The second-order valence-electron chi connectivity index (χ2n) is 5.04. The molecule has 0 atom stereocenters. The molecule has 3 rings (SSSR count). The lowest BCUT2D eigenvalue weighted by Crippen LogP contribution is -2.28. The van der Waals surface area contributed by atoms with Crippen LogP contribution in [-0.4, -0.2) is 15.5 Å². The first kappa shape index (κ1) is 16.1. The summed E-state index contributed by atoms with van der Waals surface area (Å²) in [6, 6.07) is 7.16. The molecule has 5 nitrogen and oxygen atoms in total. The van der Waals surface area contributed by atoms with Crippen LogP contribution in [0.4, 0.5) is 20.4 Å². The molecule has 0 unspecified atom stereocenters. The van der Waals surface area contributed by atoms with Gasteiger partial charge in [0.2, 0.25) is 11.9 Å². The molecule has 0 bridgehead atoms. The lowest BCUT2D eigenvalue weighted by Gasteiger charge is -2.12. The highest BCUT2D eigenvalue weighted by atomic mass is 35.5. The Morgan fingerprint density at radius 3 is 2.46 bits per heavy atom. The molecule has 0 radical (unpaired) electrons. The Labute approximate surface area is 139 Å². The SMILES string of the molecule is CC(=O)n1c(Nc2cc(F)cc(F)c2)nc2cc(Cl)ccc2c1=O. The average molecular weight is 350 g/mol. The fraction of sp³-hybridized carbons (Fsp3) is 0.0625. The lowest BCUT2D eigenvalue weighted by molar-refractivity contribution is 0.0934. The van der Waals surface area contributed by atoms with Crippen LogP contribution in [0.2, 0.25) is 5.02 Å². The number of aromatic nitrogens is 2. The molecule has 0 aliphatic carbocycles. The summed E-state index contributed by atoms with van der Waals surface area (Å²) in [6.45, 7) is 1.18. The smallest absolute Gasteiger partial charge is 0.269 e. The van der Waals surface area contributed by atoms with Gasteiger partial charge in [-0.05, 0) is 30.3 Å². The largest absolute Gasteiger partial charge is 0.325 e. The second-order valence-corrected chi connectivity index (χ2v) is 5.48. The van der Waals surface area contributed by atoms with Gasteiger partial charge in [0.1, 0.15) is 11.6 Å². The van der Waals surface area contributed by atoms with Crippen molar-refractivity contribution in [2.75, 3.05) is 5.32 Å². The van der Waals surface area contributed by atoms with Gasteiger partial charge >= 0.3 is 0 Å². The van der Waals surface area contributed by atoms with Crippen molar-refractivity contribution < 1.29 is 13.6 Å². The predicted molar refractivity (Wildman–Crippen MR) is 87.0 cm³/mol. The molecule has 2 aromatic carbocycles. The van der Waals surface area contributed by atoms with Gasteiger partial charge in [-0.1, -0.05) is 11.6 Å². The first-order chi connectivity index (χ1) is 11.3. The number of nitrogens with one attached hydrogen (secondary N) is 1. The average Bonchev–Trinajstić information content (AvgIpc) is 2.45. The monoisotopic (exact) mass is 349 g/mol. The van der Waals surface area contributed by atoms with Crippen molar-refractivity contribution in [3.63, 3.8) is 0 Å². The number of carbonyl (C=O) groups excluding carboxylic acids is 1. The van der Waals surface area contributed by atoms with E-state index < -0.39 is 23.1 Å². The molecule has 3 aromatic rings. The van der Waals surface area contributed by atoms with Crippen molar-refractivity contribution in [1.29, 1.82) is 0 Å². The van der Waals surface area contributed by atoms with Gasteiger partial charge in [0.05, 0.1) is 10.9 Å². The third kappa shape index (κ3) is 2.98. The van der Waals surface area contributed by atoms with E-state index in [4.69, 9.17) is 11.6 Å². The minimum Gasteiger partial charge on any atom is -0.325 e. The fourth-order valence-electron chi connectivity index (χ4n) is 2.29. The zero-order valence-electron chi connectivity index (χ0n) is 12.3. The van der Waals surface area contributed by atoms with Crippen LogP contribution in [0.15, 0.2) is 41.2 Å². The van der Waals surface area contributed by atoms with E-state index in [1.165, 1.54) is 25.1 Å². The topological polar surface area (TPSA) is 64.0 Å². The molecule has 1 N–H and O–H groups in total. The van der Waals surface area contributed by atoms with Crippen LogP contribution in [0, 0.1) is 11.6 Å². The molecule has 0 saturated heterocycles. The van der Waals surface area contributed by atoms with Gasteiger partial charge in [-0.25, -0.2) is 18.3 Å². The number of hydrogen-bond donors (Lipinski definition) is 1. The van der Waals surface area contributed by atoms with E-state index >= 15 is 0 Å². The van der Waals surface area contributed by atoms with E-state index in [1.54, 1.807) is 0 Å². The summed E-state index contributed by atoms with van der Waals surface area (Å²) >= 11 is 5.89. The Balaban J connectivity index is 2.23. The van der Waals surface area contributed by atoms with Crippen LogP contribution < -0.4 is 10.9 Å². The summed E-state index contributed by atoms with van der Waals surface area (Å²) < 4.78 is 27.4. The Bertz CT molecular complexity index is 1010. The molecule has 0 saturated carbocycles. The quantitative estimate of drug-likeness (QED) is 0.765. The molecule has 1 aromatic heterocycles. The number of benzene rings is 2. The van der Waals surface area contributed by atoms with Gasteiger partial charge in [-0.3, -0.25) is 9.59 Å². The van der Waals surface area contributed by atoms with Crippen molar-refractivity contribution in [3.8, 4) is 0 Å². The first-order valence-electron chi connectivity index (χ1n) is 6.81. The highest BCUT2D eigenvalue weighted by molar-refractivity contribution is 6.31. The van der Waals surface area contributed by atoms with Gasteiger partial charge in [-0.15, -0.1) is 0 Å². The predicted octanol–water partition coefficient (Wildman–Crippen LogP) is 3.73. The van der Waals surface area contributed by atoms with Crippen LogP contribution in [0.1, 0.15) is 11.7 Å². The standard InChI is InChI=1S/C16H10ClF2N3O2/c1-8(23)22-15(24)13-3-2-9(17)4-14(13)21-16(22)20-12-6-10(18)5-11(19)7-12/h2-7H,1H3,(H,20,21). The molecular formula is C16H10ClF2N3O2. The third-order valence-electron chi connectivity index (χ3n) is 3.27. The van der Waals surface area contributed by atoms with Crippen LogP contribution in [-0.2, 0) is 0 Å². The minimum atomic E-state index is -0.807. The molecule has 0 spiro atoms. The van der Waals surface area contributed by atoms with Crippen LogP contribution in [0.3, 0.4) is 0 Å².